The zero-order valence-corrected chi connectivity index (χ0v) is 17.0. The lowest BCUT2D eigenvalue weighted by atomic mass is 9.96. The number of carbonyl (C=O) groups excluding carboxylic acids is 1. The van der Waals surface area contributed by atoms with Crippen LogP contribution in [-0.4, -0.2) is 29.0 Å². The van der Waals surface area contributed by atoms with Gasteiger partial charge >= 0.3 is 0 Å². The topological polar surface area (TPSA) is 58.1 Å². The van der Waals surface area contributed by atoms with Gasteiger partial charge in [0.2, 0.25) is 5.91 Å². The van der Waals surface area contributed by atoms with Crippen LogP contribution in [0.5, 0.6) is 0 Å². The molecule has 1 N–H and O–H groups in total. The first-order chi connectivity index (χ1) is 14.6. The highest BCUT2D eigenvalue weighted by Crippen LogP contribution is 2.24. The van der Waals surface area contributed by atoms with Crippen molar-refractivity contribution in [3.05, 3.63) is 77.7 Å². The van der Waals surface area contributed by atoms with E-state index in [0.717, 1.165) is 42.9 Å². The Balaban J connectivity index is 1.33. The molecule has 1 amide bonds. The summed E-state index contributed by atoms with van der Waals surface area (Å²) in [5, 5.41) is 2.97. The molecular weight excluding hydrogens is 379 g/mol. The summed E-state index contributed by atoms with van der Waals surface area (Å²) in [6, 6.07) is 16.3. The number of halogens is 1. The van der Waals surface area contributed by atoms with Crippen LogP contribution in [0.1, 0.15) is 24.0 Å². The molecule has 0 saturated carbocycles. The highest BCUT2D eigenvalue weighted by atomic mass is 19.1. The lowest BCUT2D eigenvalue weighted by molar-refractivity contribution is -0.125. The van der Waals surface area contributed by atoms with Crippen molar-refractivity contribution in [1.82, 2.24) is 15.3 Å². The second-order valence-electron chi connectivity index (χ2n) is 7.71. The number of hydrogen-bond donors (Lipinski definition) is 1. The Labute approximate surface area is 176 Å². The minimum Gasteiger partial charge on any atom is -0.356 e. The molecule has 1 fully saturated rings. The van der Waals surface area contributed by atoms with E-state index in [1.54, 1.807) is 18.3 Å². The highest BCUT2D eigenvalue weighted by molar-refractivity contribution is 5.79. The fourth-order valence-electron chi connectivity index (χ4n) is 3.67. The molecular formula is C24H25FN4O. The van der Waals surface area contributed by atoms with Crippen molar-refractivity contribution in [1.29, 1.82) is 0 Å². The van der Waals surface area contributed by atoms with E-state index in [1.807, 2.05) is 18.2 Å². The van der Waals surface area contributed by atoms with E-state index >= 15 is 0 Å². The molecule has 0 unspecified atom stereocenters. The smallest absolute Gasteiger partial charge is 0.223 e. The van der Waals surface area contributed by atoms with Crippen LogP contribution in [0.25, 0.3) is 11.4 Å². The Bertz CT molecular complexity index is 996. The average Bonchev–Trinajstić information content (AvgIpc) is 2.79. The summed E-state index contributed by atoms with van der Waals surface area (Å²) in [6.07, 6.45) is 3.34. The first-order valence-corrected chi connectivity index (χ1v) is 10.3. The van der Waals surface area contributed by atoms with Gasteiger partial charge in [0, 0.05) is 37.3 Å². The molecule has 2 heterocycles. The van der Waals surface area contributed by atoms with Gasteiger partial charge < -0.3 is 10.2 Å². The molecule has 4 rings (SSSR count). The SMILES string of the molecule is Cc1ccc(-c2nccc(N3CCC(C(=O)NCc4ccc(F)cc4)CC3)n2)cc1. The minimum absolute atomic E-state index is 0.0138. The van der Waals surface area contributed by atoms with E-state index in [1.165, 1.54) is 17.7 Å². The largest absolute Gasteiger partial charge is 0.356 e. The van der Waals surface area contributed by atoms with E-state index in [4.69, 9.17) is 4.98 Å². The Kier molecular flexibility index (Phi) is 6.02. The van der Waals surface area contributed by atoms with Crippen molar-refractivity contribution in [2.45, 2.75) is 26.3 Å². The number of nitrogens with zero attached hydrogens (tertiary/aromatic N) is 3. The van der Waals surface area contributed by atoms with E-state index in [-0.39, 0.29) is 17.6 Å². The van der Waals surface area contributed by atoms with Crippen molar-refractivity contribution >= 4 is 11.7 Å². The van der Waals surface area contributed by atoms with E-state index < -0.39 is 0 Å². The Morgan fingerprint density at radius 2 is 1.77 bits per heavy atom. The predicted octanol–water partition coefficient (Wildman–Crippen LogP) is 4.12. The monoisotopic (exact) mass is 404 g/mol. The van der Waals surface area contributed by atoms with E-state index in [0.29, 0.717) is 12.4 Å². The van der Waals surface area contributed by atoms with Crippen LogP contribution in [-0.2, 0) is 11.3 Å². The van der Waals surface area contributed by atoms with Gasteiger partial charge in [0.05, 0.1) is 0 Å². The molecule has 154 valence electrons. The number of piperidine rings is 1. The van der Waals surface area contributed by atoms with Gasteiger partial charge in [-0.25, -0.2) is 14.4 Å². The van der Waals surface area contributed by atoms with Crippen molar-refractivity contribution in [2.75, 3.05) is 18.0 Å². The maximum absolute atomic E-state index is 13.0. The second kappa shape index (κ2) is 9.03. The summed E-state index contributed by atoms with van der Waals surface area (Å²) in [5.74, 6) is 1.38. The van der Waals surface area contributed by atoms with E-state index in [9.17, 15) is 9.18 Å². The molecule has 3 aromatic rings. The standard InChI is InChI=1S/C24H25FN4O/c1-17-2-6-19(7-3-17)23-26-13-10-22(28-23)29-14-11-20(12-15-29)24(30)27-16-18-4-8-21(25)9-5-18/h2-10,13,20H,11-12,14-16H2,1H3,(H,27,30). The molecule has 1 saturated heterocycles. The number of hydrogen-bond acceptors (Lipinski definition) is 4. The summed E-state index contributed by atoms with van der Waals surface area (Å²) < 4.78 is 13.0. The highest BCUT2D eigenvalue weighted by Gasteiger charge is 2.25. The van der Waals surface area contributed by atoms with Gasteiger partial charge in [-0.2, -0.15) is 0 Å². The third-order valence-electron chi connectivity index (χ3n) is 5.52. The van der Waals surface area contributed by atoms with Crippen molar-refractivity contribution in [3.63, 3.8) is 0 Å². The summed E-state index contributed by atoms with van der Waals surface area (Å²) in [7, 11) is 0. The Hall–Kier alpha value is -3.28. The number of carbonyl (C=O) groups is 1. The molecule has 0 bridgehead atoms. The quantitative estimate of drug-likeness (QED) is 0.695. The van der Waals surface area contributed by atoms with Gasteiger partial charge in [0.25, 0.3) is 0 Å². The third-order valence-corrected chi connectivity index (χ3v) is 5.52. The van der Waals surface area contributed by atoms with Crippen molar-refractivity contribution in [3.8, 4) is 11.4 Å². The Morgan fingerprint density at radius 3 is 2.47 bits per heavy atom. The summed E-state index contributed by atoms with van der Waals surface area (Å²) in [6.45, 7) is 4.03. The first kappa shape index (κ1) is 20.0. The maximum Gasteiger partial charge on any atom is 0.223 e. The molecule has 5 nitrogen and oxygen atoms in total. The summed E-state index contributed by atoms with van der Waals surface area (Å²) in [4.78, 5) is 23.9. The van der Waals surface area contributed by atoms with Crippen LogP contribution in [0.15, 0.2) is 60.8 Å². The zero-order chi connectivity index (χ0) is 20.9. The molecule has 1 aliphatic rings. The maximum atomic E-state index is 13.0. The average molecular weight is 404 g/mol. The minimum atomic E-state index is -0.271. The van der Waals surface area contributed by atoms with Crippen LogP contribution in [0.4, 0.5) is 10.2 Å². The molecule has 2 aromatic carbocycles. The number of rotatable bonds is 5. The van der Waals surface area contributed by atoms with E-state index in [2.05, 4.69) is 34.3 Å². The lowest BCUT2D eigenvalue weighted by Crippen LogP contribution is -2.40. The number of nitrogens with one attached hydrogen (secondary N) is 1. The predicted molar refractivity (Wildman–Crippen MR) is 115 cm³/mol. The number of anilines is 1. The van der Waals surface area contributed by atoms with Crippen LogP contribution < -0.4 is 10.2 Å². The number of aryl methyl sites for hydroxylation is 1. The third kappa shape index (κ3) is 4.82. The number of amides is 1. The van der Waals surface area contributed by atoms with Gasteiger partial charge in [-0.3, -0.25) is 4.79 Å². The molecule has 0 radical (unpaired) electrons. The molecule has 0 atom stereocenters. The van der Waals surface area contributed by atoms with Crippen molar-refractivity contribution in [2.24, 2.45) is 5.92 Å². The lowest BCUT2D eigenvalue weighted by Gasteiger charge is -2.32. The van der Waals surface area contributed by atoms with Crippen LogP contribution in [0.3, 0.4) is 0 Å². The summed E-state index contributed by atoms with van der Waals surface area (Å²) >= 11 is 0. The van der Waals surface area contributed by atoms with Gasteiger partial charge in [0.15, 0.2) is 5.82 Å². The van der Waals surface area contributed by atoms with Crippen LogP contribution >= 0.6 is 0 Å². The molecule has 1 aromatic heterocycles. The fraction of sp³-hybridized carbons (Fsp3) is 0.292. The van der Waals surface area contributed by atoms with Gasteiger partial charge in [-0.1, -0.05) is 42.0 Å². The van der Waals surface area contributed by atoms with Crippen molar-refractivity contribution < 1.29 is 9.18 Å². The second-order valence-corrected chi connectivity index (χ2v) is 7.71. The molecule has 0 aliphatic carbocycles. The van der Waals surface area contributed by atoms with Crippen LogP contribution in [0, 0.1) is 18.7 Å². The summed E-state index contributed by atoms with van der Waals surface area (Å²) in [5.41, 5.74) is 3.10. The Morgan fingerprint density at radius 1 is 1.07 bits per heavy atom. The molecule has 1 aliphatic heterocycles. The number of benzene rings is 2. The van der Waals surface area contributed by atoms with Crippen LogP contribution in [0.2, 0.25) is 0 Å². The molecule has 30 heavy (non-hydrogen) atoms. The molecule has 0 spiro atoms. The number of aromatic nitrogens is 2. The zero-order valence-electron chi connectivity index (χ0n) is 17.0. The first-order valence-electron chi connectivity index (χ1n) is 10.3. The van der Waals surface area contributed by atoms with Gasteiger partial charge in [0.1, 0.15) is 11.6 Å². The van der Waals surface area contributed by atoms with Gasteiger partial charge in [-0.05, 0) is 43.5 Å². The molecule has 6 heteroatoms. The van der Waals surface area contributed by atoms with Gasteiger partial charge in [-0.15, -0.1) is 0 Å². The fourth-order valence-corrected chi connectivity index (χ4v) is 3.67. The normalized spacial score (nSPS) is 14.5.